The lowest BCUT2D eigenvalue weighted by Crippen LogP contribution is -2.66. The first-order valence-corrected chi connectivity index (χ1v) is 15.4. The van der Waals surface area contributed by atoms with Gasteiger partial charge in [-0.2, -0.15) is 4.98 Å². The highest BCUT2D eigenvalue weighted by atomic mass is 79.9. The first-order chi connectivity index (χ1) is 20.4. The molecule has 4 aliphatic rings. The number of nitrogens with zero attached hydrogens (tertiary/aromatic N) is 7. The molecule has 8 rings (SSSR count). The molecule has 2 aromatic heterocycles. The van der Waals surface area contributed by atoms with Gasteiger partial charge in [0.15, 0.2) is 0 Å². The number of likely N-dealkylation sites (N-methyl/N-ethyl adjacent to an activating group) is 1. The van der Waals surface area contributed by atoms with Crippen LogP contribution >= 0.6 is 15.9 Å². The highest BCUT2D eigenvalue weighted by Crippen LogP contribution is 2.46. The van der Waals surface area contributed by atoms with Crippen LogP contribution in [0.15, 0.2) is 53.4 Å². The number of fused-ring (bicyclic) bond motifs is 3. The molecule has 10 nitrogen and oxygen atoms in total. The van der Waals surface area contributed by atoms with E-state index in [0.29, 0.717) is 11.8 Å². The van der Waals surface area contributed by atoms with E-state index in [4.69, 9.17) is 9.72 Å². The van der Waals surface area contributed by atoms with Crippen molar-refractivity contribution in [2.24, 2.45) is 11.8 Å². The lowest BCUT2D eigenvalue weighted by Gasteiger charge is -2.59. The zero-order chi connectivity index (χ0) is 28.8. The van der Waals surface area contributed by atoms with Crippen molar-refractivity contribution in [3.05, 3.63) is 59.0 Å². The Bertz CT molecular complexity index is 1600. The molecule has 3 aliphatic heterocycles. The van der Waals surface area contributed by atoms with Crippen molar-refractivity contribution in [1.82, 2.24) is 29.7 Å². The second-order valence-electron chi connectivity index (χ2n) is 11.7. The predicted molar refractivity (Wildman–Crippen MR) is 170 cm³/mol. The zero-order valence-electron chi connectivity index (χ0n) is 24.2. The van der Waals surface area contributed by atoms with Gasteiger partial charge >= 0.3 is 0 Å². The van der Waals surface area contributed by atoms with Gasteiger partial charge in [0.25, 0.3) is 0 Å². The second-order valence-corrected chi connectivity index (χ2v) is 12.6. The fraction of sp³-hybridized carbons (Fsp3) is 0.419. The van der Waals surface area contributed by atoms with Crippen LogP contribution in [0.3, 0.4) is 0 Å². The normalized spacial score (nSPS) is 22.6. The Balaban J connectivity index is 1.07. The number of benzene rings is 2. The summed E-state index contributed by atoms with van der Waals surface area (Å²) >= 11 is 3.58. The summed E-state index contributed by atoms with van der Waals surface area (Å²) in [5.74, 6) is 3.38. The molecule has 0 amide bonds. The van der Waals surface area contributed by atoms with E-state index in [1.807, 2.05) is 18.2 Å². The van der Waals surface area contributed by atoms with Crippen molar-refractivity contribution in [2.75, 3.05) is 69.0 Å². The standard InChI is InChI=1S/C31H36BrN9O/c1-19-12-26(37-31-35-16-23(32)30(38-31)36-22-4-5-24-25(14-22)34-7-6-33-24)28(42-3)15-27(19)41-17-20-13-21(18-41)29(20)40-10-8-39(2)9-11-40/h4-7,12,14-16,20-21,29H,8-11,13,17-18H2,1-3H3,(H2,35,36,37,38)/t20-,21+,29?. The smallest absolute Gasteiger partial charge is 0.229 e. The van der Waals surface area contributed by atoms with Crippen LogP contribution in [0.5, 0.6) is 5.75 Å². The number of anilines is 5. The van der Waals surface area contributed by atoms with Gasteiger partial charge in [-0.3, -0.25) is 14.9 Å². The highest BCUT2D eigenvalue weighted by molar-refractivity contribution is 9.10. The number of piperazine rings is 1. The van der Waals surface area contributed by atoms with E-state index in [-0.39, 0.29) is 0 Å². The van der Waals surface area contributed by atoms with Crippen LogP contribution in [0.1, 0.15) is 12.0 Å². The first-order valence-electron chi connectivity index (χ1n) is 14.6. The number of aryl methyl sites for hydroxylation is 1. The maximum Gasteiger partial charge on any atom is 0.229 e. The Labute approximate surface area is 254 Å². The van der Waals surface area contributed by atoms with Crippen molar-refractivity contribution < 1.29 is 4.74 Å². The van der Waals surface area contributed by atoms with E-state index in [0.717, 1.165) is 63.6 Å². The lowest BCUT2D eigenvalue weighted by atomic mass is 9.65. The van der Waals surface area contributed by atoms with Gasteiger partial charge < -0.3 is 25.2 Å². The molecule has 5 heterocycles. The number of nitrogens with one attached hydrogen (secondary N) is 2. The predicted octanol–water partition coefficient (Wildman–Crippen LogP) is 5.06. The van der Waals surface area contributed by atoms with Crippen molar-refractivity contribution in [3.8, 4) is 5.75 Å². The van der Waals surface area contributed by atoms with Gasteiger partial charge in [-0.15, -0.1) is 0 Å². The molecule has 2 N–H and O–H groups in total. The van der Waals surface area contributed by atoms with Crippen LogP contribution in [0.4, 0.5) is 28.8 Å². The van der Waals surface area contributed by atoms with Crippen molar-refractivity contribution in [3.63, 3.8) is 0 Å². The molecule has 3 saturated heterocycles. The average molecular weight is 631 g/mol. The van der Waals surface area contributed by atoms with E-state index in [2.05, 4.69) is 82.3 Å². The van der Waals surface area contributed by atoms with Crippen LogP contribution in [0, 0.1) is 18.8 Å². The molecular weight excluding hydrogens is 594 g/mol. The van der Waals surface area contributed by atoms with E-state index in [1.165, 1.54) is 43.9 Å². The third kappa shape index (κ3) is 5.25. The molecule has 0 radical (unpaired) electrons. The summed E-state index contributed by atoms with van der Waals surface area (Å²) in [6, 6.07) is 10.9. The van der Waals surface area contributed by atoms with E-state index in [1.54, 1.807) is 25.7 Å². The molecule has 1 aliphatic carbocycles. The van der Waals surface area contributed by atoms with Crippen LogP contribution in [-0.4, -0.2) is 89.2 Å². The second kappa shape index (κ2) is 11.3. The summed E-state index contributed by atoms with van der Waals surface area (Å²) in [6.07, 6.45) is 6.47. The van der Waals surface area contributed by atoms with Crippen molar-refractivity contribution in [2.45, 2.75) is 19.4 Å². The van der Waals surface area contributed by atoms with Gasteiger partial charge in [0.2, 0.25) is 5.95 Å². The number of halogens is 1. The van der Waals surface area contributed by atoms with Gasteiger partial charge in [-0.25, -0.2) is 4.98 Å². The van der Waals surface area contributed by atoms with E-state index >= 15 is 0 Å². The minimum atomic E-state index is 0.473. The maximum absolute atomic E-state index is 5.86. The minimum Gasteiger partial charge on any atom is -0.494 e. The summed E-state index contributed by atoms with van der Waals surface area (Å²) < 4.78 is 6.62. The fourth-order valence-corrected chi connectivity index (χ4v) is 7.16. The fourth-order valence-electron chi connectivity index (χ4n) is 6.87. The van der Waals surface area contributed by atoms with Crippen LogP contribution < -0.4 is 20.3 Å². The number of rotatable bonds is 7. The van der Waals surface area contributed by atoms with Crippen molar-refractivity contribution in [1.29, 1.82) is 0 Å². The monoisotopic (exact) mass is 629 g/mol. The number of aromatic nitrogens is 4. The Morgan fingerprint density at radius 2 is 1.69 bits per heavy atom. The first kappa shape index (κ1) is 27.3. The largest absolute Gasteiger partial charge is 0.494 e. The van der Waals surface area contributed by atoms with Crippen LogP contribution in [0.2, 0.25) is 0 Å². The summed E-state index contributed by atoms with van der Waals surface area (Å²) in [6.45, 7) is 9.16. The Hall–Kier alpha value is -3.54. The number of methoxy groups -OCH3 is 1. The summed E-state index contributed by atoms with van der Waals surface area (Å²) in [7, 11) is 3.95. The Kier molecular flexibility index (Phi) is 7.33. The summed E-state index contributed by atoms with van der Waals surface area (Å²) in [5.41, 5.74) is 5.82. The highest BCUT2D eigenvalue weighted by Gasteiger charge is 2.49. The Morgan fingerprint density at radius 1 is 0.929 bits per heavy atom. The molecule has 4 fully saturated rings. The molecule has 218 valence electrons. The number of hydrogen-bond acceptors (Lipinski definition) is 10. The molecule has 4 aromatic rings. The molecule has 11 heteroatoms. The van der Waals surface area contributed by atoms with Gasteiger partial charge in [-0.05, 0) is 78.0 Å². The van der Waals surface area contributed by atoms with Gasteiger partial charge in [0.05, 0.1) is 28.3 Å². The molecular formula is C31H36BrN9O. The zero-order valence-corrected chi connectivity index (χ0v) is 25.8. The van der Waals surface area contributed by atoms with Gasteiger partial charge in [0, 0.05) is 81.3 Å². The molecule has 0 spiro atoms. The van der Waals surface area contributed by atoms with E-state index < -0.39 is 0 Å². The lowest BCUT2D eigenvalue weighted by molar-refractivity contribution is -0.0346. The molecule has 1 saturated carbocycles. The van der Waals surface area contributed by atoms with Gasteiger partial charge in [-0.1, -0.05) is 0 Å². The van der Waals surface area contributed by atoms with Crippen LogP contribution in [0.25, 0.3) is 11.0 Å². The quantitative estimate of drug-likeness (QED) is 0.289. The SMILES string of the molecule is COc1cc(N2C[C@H]3C[C@@H](C2)C3N2CCN(C)CC2)c(C)cc1Nc1ncc(Br)c(Nc2ccc3nccnc3c2)n1. The summed E-state index contributed by atoms with van der Waals surface area (Å²) in [5, 5.41) is 6.76. The van der Waals surface area contributed by atoms with Crippen molar-refractivity contribution >= 4 is 55.8 Å². The Morgan fingerprint density at radius 3 is 2.45 bits per heavy atom. The molecule has 3 atom stereocenters. The third-order valence-electron chi connectivity index (χ3n) is 9.02. The number of hydrogen-bond donors (Lipinski definition) is 2. The number of piperidine rings is 2. The molecule has 2 bridgehead atoms. The summed E-state index contributed by atoms with van der Waals surface area (Å²) in [4.78, 5) is 25.8. The maximum atomic E-state index is 5.86. The third-order valence-corrected chi connectivity index (χ3v) is 9.60. The van der Waals surface area contributed by atoms with Gasteiger partial charge in [0.1, 0.15) is 11.6 Å². The molecule has 42 heavy (non-hydrogen) atoms. The topological polar surface area (TPSA) is 94.6 Å². The average Bonchev–Trinajstić information content (AvgIpc) is 3.00. The minimum absolute atomic E-state index is 0.473. The number of ether oxygens (including phenoxy) is 1. The molecule has 2 aromatic carbocycles. The molecule has 1 unspecified atom stereocenters. The van der Waals surface area contributed by atoms with E-state index in [9.17, 15) is 0 Å². The van der Waals surface area contributed by atoms with Crippen LogP contribution in [-0.2, 0) is 0 Å².